The van der Waals surface area contributed by atoms with E-state index in [1.165, 1.54) is 0 Å². The molecular formula is C20H29N3O3. The summed E-state index contributed by atoms with van der Waals surface area (Å²) in [4.78, 5) is 27.0. The lowest BCUT2D eigenvalue weighted by Gasteiger charge is -2.13. The zero-order valence-corrected chi connectivity index (χ0v) is 15.6. The van der Waals surface area contributed by atoms with E-state index in [2.05, 4.69) is 24.1 Å². The third-order valence-corrected chi connectivity index (χ3v) is 4.61. The maximum Gasteiger partial charge on any atom is 0.303 e. The smallest absolute Gasteiger partial charge is 0.303 e. The number of nitrogens with two attached hydrogens (primary N) is 1. The van der Waals surface area contributed by atoms with E-state index >= 15 is 0 Å². The van der Waals surface area contributed by atoms with Gasteiger partial charge in [0.05, 0.1) is 11.7 Å². The van der Waals surface area contributed by atoms with Crippen molar-refractivity contribution in [2.75, 3.05) is 11.9 Å². The summed E-state index contributed by atoms with van der Waals surface area (Å²) in [7, 11) is 0. The average Bonchev–Trinajstić information content (AvgIpc) is 3.00. The highest BCUT2D eigenvalue weighted by atomic mass is 16.4. The van der Waals surface area contributed by atoms with Gasteiger partial charge in [0.15, 0.2) is 5.78 Å². The molecule has 1 atom stereocenters. The molecule has 0 saturated heterocycles. The van der Waals surface area contributed by atoms with Gasteiger partial charge in [0, 0.05) is 35.1 Å². The number of aromatic amines is 1. The fraction of sp³-hybridized carbons (Fsp3) is 0.500. The van der Waals surface area contributed by atoms with E-state index in [0.29, 0.717) is 5.56 Å². The van der Waals surface area contributed by atoms with Crippen molar-refractivity contribution in [3.05, 3.63) is 29.5 Å². The minimum atomic E-state index is -0.945. The van der Waals surface area contributed by atoms with E-state index in [-0.39, 0.29) is 18.6 Å². The van der Waals surface area contributed by atoms with Crippen LogP contribution >= 0.6 is 0 Å². The number of carboxylic acid groups (broad SMARTS) is 1. The molecule has 0 saturated carbocycles. The lowest BCUT2D eigenvalue weighted by Crippen LogP contribution is -2.31. The Bertz CT molecular complexity index is 767. The number of nitrogens with one attached hydrogen (secondary N) is 2. The maximum absolute atomic E-state index is 12.8. The minimum absolute atomic E-state index is 0.113. The molecule has 1 heterocycles. The SMILES string of the molecule is CCCCCNc1c(CC)[nH]c2cccc(C(=O)C(N)CCC(=O)O)c12. The van der Waals surface area contributed by atoms with Crippen LogP contribution in [-0.2, 0) is 11.2 Å². The fourth-order valence-corrected chi connectivity index (χ4v) is 3.17. The molecule has 0 aliphatic rings. The van der Waals surface area contributed by atoms with Crippen molar-refractivity contribution in [2.45, 2.75) is 58.4 Å². The van der Waals surface area contributed by atoms with Crippen molar-refractivity contribution < 1.29 is 14.7 Å². The molecule has 0 amide bonds. The van der Waals surface area contributed by atoms with Gasteiger partial charge in [0.1, 0.15) is 0 Å². The second-order valence-corrected chi connectivity index (χ2v) is 6.60. The Hall–Kier alpha value is -2.34. The van der Waals surface area contributed by atoms with Gasteiger partial charge in [-0.3, -0.25) is 9.59 Å². The Morgan fingerprint density at radius 2 is 2.04 bits per heavy atom. The van der Waals surface area contributed by atoms with Crippen LogP contribution in [0.2, 0.25) is 0 Å². The third-order valence-electron chi connectivity index (χ3n) is 4.61. The Labute approximate surface area is 154 Å². The van der Waals surface area contributed by atoms with Crippen LogP contribution in [0.3, 0.4) is 0 Å². The van der Waals surface area contributed by atoms with Gasteiger partial charge in [-0.2, -0.15) is 0 Å². The molecule has 0 aliphatic heterocycles. The largest absolute Gasteiger partial charge is 0.481 e. The summed E-state index contributed by atoms with van der Waals surface area (Å²) in [5.41, 5.74) is 9.45. The van der Waals surface area contributed by atoms with Crippen molar-refractivity contribution in [1.29, 1.82) is 0 Å². The van der Waals surface area contributed by atoms with E-state index in [9.17, 15) is 9.59 Å². The second-order valence-electron chi connectivity index (χ2n) is 6.60. The first-order valence-electron chi connectivity index (χ1n) is 9.38. The normalized spacial score (nSPS) is 12.3. The topological polar surface area (TPSA) is 108 Å². The third kappa shape index (κ3) is 4.64. The number of Topliss-reactive ketones (excluding diaryl/α,β-unsaturated/α-hetero) is 1. The van der Waals surface area contributed by atoms with Crippen LogP contribution in [0.4, 0.5) is 5.69 Å². The molecule has 1 aromatic carbocycles. The van der Waals surface area contributed by atoms with Crippen LogP contribution in [0.5, 0.6) is 0 Å². The van der Waals surface area contributed by atoms with Crippen molar-refractivity contribution in [1.82, 2.24) is 4.98 Å². The number of benzene rings is 1. The zero-order chi connectivity index (χ0) is 19.1. The van der Waals surface area contributed by atoms with Crippen LogP contribution < -0.4 is 11.1 Å². The predicted molar refractivity (Wildman–Crippen MR) is 105 cm³/mol. The number of fused-ring (bicyclic) bond motifs is 1. The van der Waals surface area contributed by atoms with Gasteiger partial charge in [-0.25, -0.2) is 0 Å². The summed E-state index contributed by atoms with van der Waals surface area (Å²) < 4.78 is 0. The van der Waals surface area contributed by atoms with Gasteiger partial charge in [0.25, 0.3) is 0 Å². The fourth-order valence-electron chi connectivity index (χ4n) is 3.17. The summed E-state index contributed by atoms with van der Waals surface area (Å²) in [6.07, 6.45) is 4.22. The number of carbonyl (C=O) groups excluding carboxylic acids is 1. The van der Waals surface area contributed by atoms with Gasteiger partial charge in [-0.1, -0.05) is 38.8 Å². The van der Waals surface area contributed by atoms with Crippen molar-refractivity contribution >= 4 is 28.3 Å². The molecule has 0 spiro atoms. The van der Waals surface area contributed by atoms with Crippen LogP contribution in [0.1, 0.15) is 62.0 Å². The summed E-state index contributed by atoms with van der Waals surface area (Å²) in [5, 5.41) is 13.2. The number of aliphatic carboxylic acids is 1. The van der Waals surface area contributed by atoms with Gasteiger partial charge in [-0.15, -0.1) is 0 Å². The highest BCUT2D eigenvalue weighted by Crippen LogP contribution is 2.32. The highest BCUT2D eigenvalue weighted by Gasteiger charge is 2.22. The molecule has 5 N–H and O–H groups in total. The number of hydrogen-bond acceptors (Lipinski definition) is 4. The molecule has 6 heteroatoms. The van der Waals surface area contributed by atoms with E-state index in [1.807, 2.05) is 12.1 Å². The van der Waals surface area contributed by atoms with Crippen molar-refractivity contribution in [2.24, 2.45) is 5.73 Å². The maximum atomic E-state index is 12.8. The van der Waals surface area contributed by atoms with Gasteiger partial charge < -0.3 is 21.1 Å². The van der Waals surface area contributed by atoms with E-state index < -0.39 is 12.0 Å². The standard InChI is InChI=1S/C20H29N3O3/c1-3-5-6-12-22-19-15(4-2)23-16-9-7-8-13(18(16)19)20(26)14(21)10-11-17(24)25/h7-9,14,22-23H,3-6,10-12,21H2,1-2H3,(H,24,25). The monoisotopic (exact) mass is 359 g/mol. The predicted octanol–water partition coefficient (Wildman–Crippen LogP) is 3.71. The van der Waals surface area contributed by atoms with Gasteiger partial charge >= 0.3 is 5.97 Å². The molecule has 0 fully saturated rings. The molecule has 6 nitrogen and oxygen atoms in total. The van der Waals surface area contributed by atoms with E-state index in [1.54, 1.807) is 6.07 Å². The van der Waals surface area contributed by atoms with Gasteiger partial charge in [0.2, 0.25) is 0 Å². The summed E-state index contributed by atoms with van der Waals surface area (Å²) in [6.45, 7) is 5.09. The number of aromatic nitrogens is 1. The molecule has 142 valence electrons. The van der Waals surface area contributed by atoms with Crippen molar-refractivity contribution in [3.8, 4) is 0 Å². The second kappa shape index (κ2) is 9.38. The molecule has 1 unspecified atom stereocenters. The Morgan fingerprint density at radius 3 is 2.69 bits per heavy atom. The first-order valence-corrected chi connectivity index (χ1v) is 9.38. The number of anilines is 1. The Balaban J connectivity index is 2.35. The molecule has 0 bridgehead atoms. The number of aryl methyl sites for hydroxylation is 1. The van der Waals surface area contributed by atoms with Crippen LogP contribution in [0, 0.1) is 0 Å². The zero-order valence-electron chi connectivity index (χ0n) is 15.6. The molecular weight excluding hydrogens is 330 g/mol. The molecule has 2 aromatic rings. The molecule has 26 heavy (non-hydrogen) atoms. The Kier molecular flexibility index (Phi) is 7.21. The number of ketones is 1. The number of unbranched alkanes of at least 4 members (excludes halogenated alkanes) is 2. The summed E-state index contributed by atoms with van der Waals surface area (Å²) >= 11 is 0. The average molecular weight is 359 g/mol. The van der Waals surface area contributed by atoms with Crippen LogP contribution in [-0.4, -0.2) is 34.4 Å². The number of carbonyl (C=O) groups is 2. The number of carboxylic acids is 1. The number of hydrogen-bond donors (Lipinski definition) is 4. The van der Waals surface area contributed by atoms with Crippen molar-refractivity contribution in [3.63, 3.8) is 0 Å². The molecule has 0 radical (unpaired) electrons. The number of H-pyrrole nitrogens is 1. The quantitative estimate of drug-likeness (QED) is 0.361. The van der Waals surface area contributed by atoms with Crippen LogP contribution in [0.15, 0.2) is 18.2 Å². The first kappa shape index (κ1) is 20.0. The Morgan fingerprint density at radius 1 is 1.27 bits per heavy atom. The lowest BCUT2D eigenvalue weighted by molar-refractivity contribution is -0.137. The van der Waals surface area contributed by atoms with Crippen LogP contribution in [0.25, 0.3) is 10.9 Å². The summed E-state index contributed by atoms with van der Waals surface area (Å²) in [5.74, 6) is -1.16. The molecule has 1 aromatic heterocycles. The minimum Gasteiger partial charge on any atom is -0.481 e. The summed E-state index contributed by atoms with van der Waals surface area (Å²) in [6, 6.07) is 4.74. The van der Waals surface area contributed by atoms with E-state index in [4.69, 9.17) is 10.8 Å². The number of rotatable bonds is 11. The first-order chi connectivity index (χ1) is 12.5. The van der Waals surface area contributed by atoms with Gasteiger partial charge in [-0.05, 0) is 25.3 Å². The van der Waals surface area contributed by atoms with E-state index in [0.717, 1.165) is 54.5 Å². The molecule has 2 rings (SSSR count). The lowest BCUT2D eigenvalue weighted by atomic mass is 9.97. The molecule has 0 aliphatic carbocycles. The highest BCUT2D eigenvalue weighted by molar-refractivity contribution is 6.14.